The lowest BCUT2D eigenvalue weighted by atomic mass is 10.0. The second-order valence-corrected chi connectivity index (χ2v) is 11.1. The van der Waals surface area contributed by atoms with Crippen LogP contribution in [0.4, 0.5) is 5.69 Å². The lowest BCUT2D eigenvalue weighted by molar-refractivity contribution is -0.136. The van der Waals surface area contributed by atoms with Crippen molar-refractivity contribution in [3.63, 3.8) is 0 Å². The lowest BCUT2D eigenvalue weighted by Gasteiger charge is -2.27. The minimum atomic E-state index is -4.25. The van der Waals surface area contributed by atoms with Gasteiger partial charge in [0.1, 0.15) is 6.04 Å². The lowest BCUT2D eigenvalue weighted by Crippen LogP contribution is -2.54. The number of hydrogen-bond acceptors (Lipinski definition) is 7. The highest BCUT2D eigenvalue weighted by Crippen LogP contribution is 2.32. The van der Waals surface area contributed by atoms with Gasteiger partial charge in [-0.2, -0.15) is 8.42 Å². The predicted octanol–water partition coefficient (Wildman–Crippen LogP) is 3.25. The fourth-order valence-corrected chi connectivity index (χ4v) is 5.74. The van der Waals surface area contributed by atoms with Crippen LogP contribution in [0.2, 0.25) is 0 Å². The maximum atomic E-state index is 13.1. The van der Waals surface area contributed by atoms with Crippen molar-refractivity contribution in [3.8, 4) is 0 Å². The Labute approximate surface area is 221 Å². The summed E-state index contributed by atoms with van der Waals surface area (Å²) in [5.41, 5.74) is 2.58. The standard InChI is InChI=1S/C27H31N3O7S/c1-17-11-13-22(38(35,36)37)18(16-17)8-5-3-2-4-6-15-28-20-10-7-9-19-24(20)27(34)30(26(19)33)21-12-14-23(31)29-25(21)32/h7,9-11,13,16,21,28H,2-6,8,12,14-15H2,1H3,(H,29,31,32)(H,35,36,37). The molecule has 2 heterocycles. The monoisotopic (exact) mass is 541 g/mol. The summed E-state index contributed by atoms with van der Waals surface area (Å²) < 4.78 is 32.6. The average molecular weight is 542 g/mol. The number of nitrogens with one attached hydrogen (secondary N) is 2. The van der Waals surface area contributed by atoms with Gasteiger partial charge in [-0.05, 0) is 56.4 Å². The number of rotatable bonds is 11. The molecule has 2 aliphatic heterocycles. The summed E-state index contributed by atoms with van der Waals surface area (Å²) in [5.74, 6) is -2.12. The molecular formula is C27H31N3O7S. The van der Waals surface area contributed by atoms with Gasteiger partial charge in [0.15, 0.2) is 0 Å². The maximum Gasteiger partial charge on any atom is 0.294 e. The van der Waals surface area contributed by atoms with Gasteiger partial charge < -0.3 is 5.32 Å². The van der Waals surface area contributed by atoms with Gasteiger partial charge in [-0.25, -0.2) is 0 Å². The molecule has 0 bridgehead atoms. The summed E-state index contributed by atoms with van der Waals surface area (Å²) in [6.07, 6.45) is 5.10. The van der Waals surface area contributed by atoms with Crippen molar-refractivity contribution in [2.24, 2.45) is 0 Å². The number of amides is 4. The highest BCUT2D eigenvalue weighted by molar-refractivity contribution is 7.85. The molecule has 38 heavy (non-hydrogen) atoms. The van der Waals surface area contributed by atoms with Gasteiger partial charge in [-0.1, -0.05) is 43.0 Å². The average Bonchev–Trinajstić information content (AvgIpc) is 3.10. The van der Waals surface area contributed by atoms with Crippen LogP contribution in [0.15, 0.2) is 41.3 Å². The Morgan fingerprint density at radius 3 is 2.47 bits per heavy atom. The highest BCUT2D eigenvalue weighted by Gasteiger charge is 2.45. The predicted molar refractivity (Wildman–Crippen MR) is 139 cm³/mol. The van der Waals surface area contributed by atoms with Crippen molar-refractivity contribution in [1.82, 2.24) is 10.2 Å². The number of imide groups is 2. The van der Waals surface area contributed by atoms with E-state index in [1.807, 2.05) is 6.92 Å². The molecule has 1 atom stereocenters. The van der Waals surface area contributed by atoms with E-state index >= 15 is 0 Å². The fraction of sp³-hybridized carbons (Fsp3) is 0.407. The number of carbonyl (C=O) groups excluding carboxylic acids is 4. The van der Waals surface area contributed by atoms with E-state index in [-0.39, 0.29) is 28.9 Å². The SMILES string of the molecule is Cc1ccc(S(=O)(=O)O)c(CCCCCCCNc2cccc3c2C(=O)N(C2CCC(=O)NC2=O)C3=O)c1. The molecule has 0 radical (unpaired) electrons. The van der Waals surface area contributed by atoms with Crippen LogP contribution in [0.1, 0.15) is 76.8 Å². The number of benzene rings is 2. The first-order valence-electron chi connectivity index (χ1n) is 12.7. The topological polar surface area (TPSA) is 150 Å². The van der Waals surface area contributed by atoms with Crippen molar-refractivity contribution in [2.75, 3.05) is 11.9 Å². The number of nitrogens with zero attached hydrogens (tertiary/aromatic N) is 1. The Bertz CT molecular complexity index is 1390. The summed E-state index contributed by atoms with van der Waals surface area (Å²) in [6.45, 7) is 2.46. The summed E-state index contributed by atoms with van der Waals surface area (Å²) in [5, 5.41) is 5.43. The highest BCUT2D eigenvalue weighted by atomic mass is 32.2. The first kappa shape index (κ1) is 27.5. The van der Waals surface area contributed by atoms with Crippen molar-refractivity contribution in [2.45, 2.75) is 69.2 Å². The zero-order chi connectivity index (χ0) is 27.4. The zero-order valence-corrected chi connectivity index (χ0v) is 22.0. The number of aryl methyl sites for hydroxylation is 2. The molecule has 11 heteroatoms. The second kappa shape index (κ2) is 11.4. The van der Waals surface area contributed by atoms with Crippen LogP contribution < -0.4 is 10.6 Å². The Hall–Kier alpha value is -3.57. The molecule has 202 valence electrons. The Kier molecular flexibility index (Phi) is 8.27. The number of piperidine rings is 1. The van der Waals surface area contributed by atoms with Crippen LogP contribution in [0, 0.1) is 6.92 Å². The molecule has 0 spiro atoms. The molecule has 1 fully saturated rings. The fourth-order valence-electron chi connectivity index (χ4n) is 5.01. The van der Waals surface area contributed by atoms with E-state index in [2.05, 4.69) is 10.6 Å². The molecular weight excluding hydrogens is 510 g/mol. The summed E-state index contributed by atoms with van der Waals surface area (Å²) in [4.78, 5) is 50.7. The largest absolute Gasteiger partial charge is 0.384 e. The van der Waals surface area contributed by atoms with E-state index in [1.165, 1.54) is 6.07 Å². The smallest absolute Gasteiger partial charge is 0.294 e. The van der Waals surface area contributed by atoms with Crippen LogP contribution >= 0.6 is 0 Å². The van der Waals surface area contributed by atoms with E-state index in [0.717, 1.165) is 42.6 Å². The van der Waals surface area contributed by atoms with Crippen LogP contribution in [-0.4, -0.2) is 54.1 Å². The third-order valence-electron chi connectivity index (χ3n) is 6.90. The number of hydrogen-bond donors (Lipinski definition) is 3. The second-order valence-electron chi connectivity index (χ2n) is 9.71. The first-order chi connectivity index (χ1) is 18.1. The van der Waals surface area contributed by atoms with Crippen molar-refractivity contribution >= 4 is 39.4 Å². The van der Waals surface area contributed by atoms with Crippen LogP contribution in [0.25, 0.3) is 0 Å². The van der Waals surface area contributed by atoms with Crippen LogP contribution in [-0.2, 0) is 26.1 Å². The molecule has 1 saturated heterocycles. The van der Waals surface area contributed by atoms with Gasteiger partial charge in [0.25, 0.3) is 21.9 Å². The molecule has 10 nitrogen and oxygen atoms in total. The minimum Gasteiger partial charge on any atom is -0.384 e. The third kappa shape index (κ3) is 5.94. The normalized spacial score (nSPS) is 17.5. The molecule has 0 aromatic heterocycles. The number of carbonyl (C=O) groups is 4. The van der Waals surface area contributed by atoms with E-state index in [9.17, 15) is 32.1 Å². The van der Waals surface area contributed by atoms with Gasteiger partial charge in [-0.15, -0.1) is 0 Å². The molecule has 2 aromatic carbocycles. The summed E-state index contributed by atoms with van der Waals surface area (Å²) >= 11 is 0. The number of fused-ring (bicyclic) bond motifs is 1. The molecule has 0 aliphatic carbocycles. The number of unbranched alkanes of at least 4 members (excludes halogenated alkanes) is 4. The van der Waals surface area contributed by atoms with E-state index in [4.69, 9.17) is 0 Å². The van der Waals surface area contributed by atoms with Crippen molar-refractivity contribution < 1.29 is 32.1 Å². The molecule has 2 aromatic rings. The molecule has 4 rings (SSSR count). The molecule has 4 amide bonds. The molecule has 1 unspecified atom stereocenters. The quantitative estimate of drug-likeness (QED) is 0.223. The maximum absolute atomic E-state index is 13.1. The first-order valence-corrected chi connectivity index (χ1v) is 14.2. The van der Waals surface area contributed by atoms with E-state index in [0.29, 0.717) is 24.2 Å². The van der Waals surface area contributed by atoms with E-state index in [1.54, 1.807) is 30.3 Å². The third-order valence-corrected chi connectivity index (χ3v) is 7.85. The van der Waals surface area contributed by atoms with Crippen LogP contribution in [0.5, 0.6) is 0 Å². The van der Waals surface area contributed by atoms with Gasteiger partial charge >= 0.3 is 0 Å². The van der Waals surface area contributed by atoms with Crippen molar-refractivity contribution in [3.05, 3.63) is 58.7 Å². The van der Waals surface area contributed by atoms with Crippen LogP contribution in [0.3, 0.4) is 0 Å². The Morgan fingerprint density at radius 1 is 1.00 bits per heavy atom. The Balaban J connectivity index is 1.25. The number of anilines is 1. The van der Waals surface area contributed by atoms with Crippen molar-refractivity contribution in [1.29, 1.82) is 0 Å². The Morgan fingerprint density at radius 2 is 1.74 bits per heavy atom. The minimum absolute atomic E-state index is 0.0353. The van der Waals surface area contributed by atoms with Gasteiger partial charge in [0, 0.05) is 18.7 Å². The summed E-state index contributed by atoms with van der Waals surface area (Å²) in [6, 6.07) is 8.87. The molecule has 3 N–H and O–H groups in total. The van der Waals surface area contributed by atoms with Gasteiger partial charge in [0.2, 0.25) is 11.8 Å². The molecule has 2 aliphatic rings. The molecule has 0 saturated carbocycles. The zero-order valence-electron chi connectivity index (χ0n) is 21.2. The van der Waals surface area contributed by atoms with Gasteiger partial charge in [0.05, 0.1) is 16.0 Å². The summed E-state index contributed by atoms with van der Waals surface area (Å²) in [7, 11) is -4.25. The van der Waals surface area contributed by atoms with Gasteiger partial charge in [-0.3, -0.25) is 33.9 Å². The van der Waals surface area contributed by atoms with E-state index < -0.39 is 39.8 Å².